The number of carboxylic acids is 1. The number of aryl methyl sites for hydroxylation is 2. The van der Waals surface area contributed by atoms with E-state index in [9.17, 15) is 14.7 Å². The maximum Gasteiger partial charge on any atom is 0.335 e. The molecule has 5 rings (SSSR count). The predicted octanol–water partition coefficient (Wildman–Crippen LogP) is 3.05. The topological polar surface area (TPSA) is 88.3 Å². The first kappa shape index (κ1) is 17.8. The van der Waals surface area contributed by atoms with Crippen LogP contribution in [0, 0.1) is 6.92 Å². The number of benzene rings is 1. The second-order valence-electron chi connectivity index (χ2n) is 8.04. The van der Waals surface area contributed by atoms with Crippen molar-refractivity contribution in [3.8, 4) is 0 Å². The van der Waals surface area contributed by atoms with Crippen molar-refractivity contribution in [1.82, 2.24) is 19.7 Å². The molecule has 1 aromatic carbocycles. The number of aromatic carboxylic acids is 1. The van der Waals surface area contributed by atoms with Gasteiger partial charge in [0.25, 0.3) is 5.91 Å². The molecule has 3 aromatic rings. The summed E-state index contributed by atoms with van der Waals surface area (Å²) in [7, 11) is 1.86. The van der Waals surface area contributed by atoms with Gasteiger partial charge in [0.2, 0.25) is 0 Å². The molecule has 1 N–H and O–H groups in total. The van der Waals surface area contributed by atoms with E-state index in [0.717, 1.165) is 52.8 Å². The van der Waals surface area contributed by atoms with Gasteiger partial charge in [-0.3, -0.25) is 9.48 Å². The van der Waals surface area contributed by atoms with E-state index >= 15 is 0 Å². The Labute approximate surface area is 168 Å². The average molecular weight is 390 g/mol. The number of nitrogens with zero attached hydrogens (tertiary/aromatic N) is 4. The van der Waals surface area contributed by atoms with Crippen molar-refractivity contribution < 1.29 is 14.7 Å². The highest BCUT2D eigenvalue weighted by Crippen LogP contribution is 2.40. The number of carbonyl (C=O) groups excluding carboxylic acids is 1. The highest BCUT2D eigenvalue weighted by molar-refractivity contribution is 6.06. The molecule has 7 heteroatoms. The zero-order valence-electron chi connectivity index (χ0n) is 16.5. The summed E-state index contributed by atoms with van der Waals surface area (Å²) in [4.78, 5) is 31.5. The van der Waals surface area contributed by atoms with Gasteiger partial charge >= 0.3 is 5.97 Å². The molecule has 3 heterocycles. The fourth-order valence-electron chi connectivity index (χ4n) is 4.25. The molecule has 0 saturated heterocycles. The van der Waals surface area contributed by atoms with Crippen LogP contribution in [0.25, 0.3) is 11.0 Å². The lowest BCUT2D eigenvalue weighted by atomic mass is 9.96. The normalized spacial score (nSPS) is 16.1. The van der Waals surface area contributed by atoms with Crippen LogP contribution < -0.4 is 0 Å². The Kier molecular flexibility index (Phi) is 3.94. The van der Waals surface area contributed by atoms with Gasteiger partial charge in [-0.25, -0.2) is 9.78 Å². The minimum Gasteiger partial charge on any atom is -0.478 e. The molecule has 29 heavy (non-hydrogen) atoms. The number of hydrogen-bond donors (Lipinski definition) is 1. The third kappa shape index (κ3) is 2.97. The molecule has 0 radical (unpaired) electrons. The largest absolute Gasteiger partial charge is 0.478 e. The summed E-state index contributed by atoms with van der Waals surface area (Å²) >= 11 is 0. The van der Waals surface area contributed by atoms with E-state index in [0.29, 0.717) is 24.6 Å². The maximum atomic E-state index is 13.5. The van der Waals surface area contributed by atoms with E-state index in [1.54, 1.807) is 16.8 Å². The molecule has 2 aliphatic rings. The van der Waals surface area contributed by atoms with E-state index < -0.39 is 5.97 Å². The van der Waals surface area contributed by atoms with Crippen molar-refractivity contribution in [2.45, 2.75) is 38.6 Å². The first-order valence-corrected chi connectivity index (χ1v) is 9.91. The molecule has 1 fully saturated rings. The van der Waals surface area contributed by atoms with Crippen molar-refractivity contribution in [2.24, 2.45) is 7.05 Å². The summed E-state index contributed by atoms with van der Waals surface area (Å²) in [6.07, 6.45) is 2.94. The number of carboxylic acid groups (broad SMARTS) is 1. The van der Waals surface area contributed by atoms with Gasteiger partial charge in [0.05, 0.1) is 22.2 Å². The summed E-state index contributed by atoms with van der Waals surface area (Å²) in [5, 5.41) is 14.6. The Morgan fingerprint density at radius 3 is 2.69 bits per heavy atom. The summed E-state index contributed by atoms with van der Waals surface area (Å²) in [6.45, 7) is 2.93. The fourth-order valence-corrected chi connectivity index (χ4v) is 4.25. The summed E-state index contributed by atoms with van der Waals surface area (Å²) < 4.78 is 1.75. The molecule has 0 bridgehead atoms. The van der Waals surface area contributed by atoms with Gasteiger partial charge < -0.3 is 10.0 Å². The number of fused-ring (bicyclic) bond motifs is 2. The molecular formula is C22H22N4O3. The second kappa shape index (κ2) is 6.40. The third-order valence-electron chi connectivity index (χ3n) is 5.97. The number of carbonyl (C=O) groups is 2. The van der Waals surface area contributed by atoms with Gasteiger partial charge in [0.1, 0.15) is 0 Å². The molecular weight excluding hydrogens is 368 g/mol. The number of hydrogen-bond acceptors (Lipinski definition) is 4. The summed E-state index contributed by atoms with van der Waals surface area (Å²) in [5.41, 5.74) is 5.43. The minimum atomic E-state index is -0.952. The van der Waals surface area contributed by atoms with Gasteiger partial charge in [-0.05, 0) is 55.5 Å². The summed E-state index contributed by atoms with van der Waals surface area (Å²) in [5.74, 6) is -0.560. The van der Waals surface area contributed by atoms with Crippen LogP contribution in [0.5, 0.6) is 0 Å². The van der Waals surface area contributed by atoms with Crippen LogP contribution in [-0.2, 0) is 20.0 Å². The molecule has 7 nitrogen and oxygen atoms in total. The maximum absolute atomic E-state index is 13.5. The Balaban J connectivity index is 1.55. The standard InChI is InChI=1S/C22H22N4O3/c1-12-19-17(10-18(14-4-5-14)23-20(19)25(2)24-12)21(27)26-8-7-13-3-6-15(22(28)29)9-16(13)11-26/h3,6,9-10,14H,4-5,7-8,11H2,1-2H3,(H,28,29). The van der Waals surface area contributed by atoms with E-state index in [-0.39, 0.29) is 11.5 Å². The number of pyridine rings is 1. The minimum absolute atomic E-state index is 0.0400. The van der Waals surface area contributed by atoms with Gasteiger partial charge in [-0.1, -0.05) is 6.07 Å². The Bertz CT molecular complexity index is 1180. The third-order valence-corrected chi connectivity index (χ3v) is 5.97. The Morgan fingerprint density at radius 2 is 1.97 bits per heavy atom. The fraction of sp³-hybridized carbons (Fsp3) is 0.364. The van der Waals surface area contributed by atoms with Crippen LogP contribution in [0.15, 0.2) is 24.3 Å². The molecule has 1 aliphatic heterocycles. The summed E-state index contributed by atoms with van der Waals surface area (Å²) in [6, 6.07) is 7.12. The number of rotatable bonds is 3. The van der Waals surface area contributed by atoms with Crippen LogP contribution in [0.3, 0.4) is 0 Å². The van der Waals surface area contributed by atoms with Crippen molar-refractivity contribution in [3.63, 3.8) is 0 Å². The highest BCUT2D eigenvalue weighted by Gasteiger charge is 2.30. The molecule has 0 unspecified atom stereocenters. The predicted molar refractivity (Wildman–Crippen MR) is 107 cm³/mol. The molecule has 1 amide bonds. The SMILES string of the molecule is Cc1nn(C)c2nc(C3CC3)cc(C(=O)N3CCc4ccc(C(=O)O)cc4C3)c12. The van der Waals surface area contributed by atoms with Crippen molar-refractivity contribution in [1.29, 1.82) is 0 Å². The number of amides is 1. The van der Waals surface area contributed by atoms with E-state index in [2.05, 4.69) is 5.10 Å². The first-order chi connectivity index (χ1) is 13.9. The van der Waals surface area contributed by atoms with E-state index in [4.69, 9.17) is 4.98 Å². The first-order valence-electron chi connectivity index (χ1n) is 9.91. The lowest BCUT2D eigenvalue weighted by Gasteiger charge is -2.29. The highest BCUT2D eigenvalue weighted by atomic mass is 16.4. The van der Waals surface area contributed by atoms with Crippen molar-refractivity contribution in [2.75, 3.05) is 6.54 Å². The molecule has 1 aliphatic carbocycles. The van der Waals surface area contributed by atoms with Gasteiger partial charge in [0, 0.05) is 31.7 Å². The van der Waals surface area contributed by atoms with Crippen LogP contribution in [0.4, 0.5) is 0 Å². The van der Waals surface area contributed by atoms with Gasteiger partial charge in [-0.2, -0.15) is 5.10 Å². The average Bonchev–Trinajstić information content (AvgIpc) is 3.52. The molecule has 0 atom stereocenters. The quantitative estimate of drug-likeness (QED) is 0.743. The molecule has 1 saturated carbocycles. The van der Waals surface area contributed by atoms with Gasteiger partial charge in [0.15, 0.2) is 5.65 Å². The van der Waals surface area contributed by atoms with Crippen molar-refractivity contribution in [3.05, 3.63) is 57.9 Å². The molecule has 0 spiro atoms. The van der Waals surface area contributed by atoms with E-state index in [1.165, 1.54) is 0 Å². The van der Waals surface area contributed by atoms with Crippen LogP contribution >= 0.6 is 0 Å². The molecule has 148 valence electrons. The van der Waals surface area contributed by atoms with Crippen LogP contribution in [0.2, 0.25) is 0 Å². The van der Waals surface area contributed by atoms with Crippen molar-refractivity contribution >= 4 is 22.9 Å². The smallest absolute Gasteiger partial charge is 0.335 e. The van der Waals surface area contributed by atoms with Gasteiger partial charge in [-0.15, -0.1) is 0 Å². The van der Waals surface area contributed by atoms with E-state index in [1.807, 2.05) is 31.0 Å². The van der Waals surface area contributed by atoms with Crippen LogP contribution in [-0.4, -0.2) is 43.2 Å². The second-order valence-corrected chi connectivity index (χ2v) is 8.04. The monoisotopic (exact) mass is 390 g/mol. The zero-order valence-corrected chi connectivity index (χ0v) is 16.5. The van der Waals surface area contributed by atoms with Crippen LogP contribution in [0.1, 0.15) is 62.0 Å². The Hall–Kier alpha value is -3.22. The Morgan fingerprint density at radius 1 is 1.17 bits per heavy atom. The lowest BCUT2D eigenvalue weighted by molar-refractivity contribution is 0.0696. The molecule has 2 aromatic heterocycles. The lowest BCUT2D eigenvalue weighted by Crippen LogP contribution is -2.36. The zero-order chi connectivity index (χ0) is 20.3. The number of aromatic nitrogens is 3.